The number of hydrogen-bond donors (Lipinski definition) is 1. The molecule has 0 saturated carbocycles. The van der Waals surface area contributed by atoms with Crippen LogP contribution in [0.15, 0.2) is 24.4 Å². The number of nitrogens with two attached hydrogens (primary N) is 1. The number of benzene rings is 1. The van der Waals surface area contributed by atoms with Crippen molar-refractivity contribution in [3.05, 3.63) is 40.9 Å². The number of rotatable bonds is 3. The summed E-state index contributed by atoms with van der Waals surface area (Å²) in [5.74, 6) is -0.343. The Bertz CT molecular complexity index is 537. The number of aromatic nitrogens is 2. The first-order valence-corrected chi connectivity index (χ1v) is 5.75. The highest BCUT2D eigenvalue weighted by Gasteiger charge is 2.14. The Morgan fingerprint density at radius 2 is 2.18 bits per heavy atom. The van der Waals surface area contributed by atoms with Crippen molar-refractivity contribution in [2.75, 3.05) is 0 Å². The van der Waals surface area contributed by atoms with Crippen LogP contribution in [0.5, 0.6) is 0 Å². The second-order valence-electron chi connectivity index (χ2n) is 3.67. The summed E-state index contributed by atoms with van der Waals surface area (Å²) in [6, 6.07) is 5.24. The van der Waals surface area contributed by atoms with Crippen molar-refractivity contribution < 1.29 is 4.39 Å². The molecule has 2 N–H and O–H groups in total. The van der Waals surface area contributed by atoms with Crippen molar-refractivity contribution in [2.24, 2.45) is 5.73 Å². The van der Waals surface area contributed by atoms with Crippen LogP contribution in [0.25, 0.3) is 11.1 Å². The molecule has 90 valence electrons. The van der Waals surface area contributed by atoms with Crippen LogP contribution < -0.4 is 5.73 Å². The highest BCUT2D eigenvalue weighted by molar-refractivity contribution is 6.30. The molecule has 0 spiro atoms. The fourth-order valence-electron chi connectivity index (χ4n) is 1.77. The zero-order valence-electron chi connectivity index (χ0n) is 9.45. The largest absolute Gasteiger partial charge is 0.326 e. The van der Waals surface area contributed by atoms with Gasteiger partial charge in [-0.05, 0) is 30.2 Å². The van der Waals surface area contributed by atoms with Crippen LogP contribution >= 0.6 is 11.6 Å². The van der Waals surface area contributed by atoms with Crippen LogP contribution in [-0.2, 0) is 13.1 Å². The van der Waals surface area contributed by atoms with Crippen molar-refractivity contribution in [3.63, 3.8) is 0 Å². The van der Waals surface area contributed by atoms with Crippen molar-refractivity contribution in [1.82, 2.24) is 9.78 Å². The van der Waals surface area contributed by atoms with Crippen molar-refractivity contribution in [1.29, 1.82) is 0 Å². The zero-order chi connectivity index (χ0) is 12.4. The van der Waals surface area contributed by atoms with Crippen LogP contribution in [0.3, 0.4) is 0 Å². The van der Waals surface area contributed by atoms with E-state index in [9.17, 15) is 4.39 Å². The van der Waals surface area contributed by atoms with Crippen molar-refractivity contribution >= 4 is 11.6 Å². The summed E-state index contributed by atoms with van der Waals surface area (Å²) in [6.45, 7) is 2.65. The molecule has 1 aromatic heterocycles. The molecular formula is C12H13ClFN3. The second-order valence-corrected chi connectivity index (χ2v) is 4.11. The summed E-state index contributed by atoms with van der Waals surface area (Å²) in [4.78, 5) is 0. The van der Waals surface area contributed by atoms with Gasteiger partial charge < -0.3 is 5.73 Å². The molecule has 3 nitrogen and oxygen atoms in total. The van der Waals surface area contributed by atoms with Crippen LogP contribution in [0, 0.1) is 5.95 Å². The second kappa shape index (κ2) is 4.85. The van der Waals surface area contributed by atoms with Gasteiger partial charge in [-0.15, -0.1) is 0 Å². The molecule has 0 amide bonds. The van der Waals surface area contributed by atoms with Crippen LogP contribution in [0.2, 0.25) is 5.02 Å². The number of aryl methyl sites for hydroxylation is 1. The topological polar surface area (TPSA) is 43.8 Å². The summed E-state index contributed by atoms with van der Waals surface area (Å²) in [7, 11) is 0. The van der Waals surface area contributed by atoms with E-state index in [1.54, 1.807) is 18.2 Å². The fourth-order valence-corrected chi connectivity index (χ4v) is 1.96. The van der Waals surface area contributed by atoms with E-state index in [2.05, 4.69) is 5.10 Å². The quantitative estimate of drug-likeness (QED) is 0.914. The highest BCUT2D eigenvalue weighted by Crippen LogP contribution is 2.28. The van der Waals surface area contributed by atoms with Crippen molar-refractivity contribution in [2.45, 2.75) is 20.0 Å². The molecule has 0 unspecified atom stereocenters. The lowest BCUT2D eigenvalue weighted by atomic mass is 10.0. The summed E-state index contributed by atoms with van der Waals surface area (Å²) in [5.41, 5.74) is 7.66. The molecule has 0 aliphatic carbocycles. The summed E-state index contributed by atoms with van der Waals surface area (Å²) in [6.07, 6.45) is 1.52. The minimum atomic E-state index is -0.343. The lowest BCUT2D eigenvalue weighted by Crippen LogP contribution is -2.02. The van der Waals surface area contributed by atoms with Crippen LogP contribution in [0.1, 0.15) is 12.5 Å². The Morgan fingerprint density at radius 1 is 1.41 bits per heavy atom. The summed E-state index contributed by atoms with van der Waals surface area (Å²) >= 11 is 5.89. The van der Waals surface area contributed by atoms with Crippen LogP contribution in [-0.4, -0.2) is 9.78 Å². The van der Waals surface area contributed by atoms with Gasteiger partial charge in [0.05, 0.1) is 11.8 Å². The molecule has 17 heavy (non-hydrogen) atoms. The van der Waals surface area contributed by atoms with Gasteiger partial charge in [0.25, 0.3) is 0 Å². The summed E-state index contributed by atoms with van der Waals surface area (Å²) < 4.78 is 15.3. The average molecular weight is 254 g/mol. The van der Waals surface area contributed by atoms with Gasteiger partial charge in [0, 0.05) is 18.1 Å². The van der Waals surface area contributed by atoms with E-state index < -0.39 is 0 Å². The van der Waals surface area contributed by atoms with Gasteiger partial charge in [-0.25, -0.2) is 4.68 Å². The average Bonchev–Trinajstić information content (AvgIpc) is 2.70. The first kappa shape index (κ1) is 12.1. The molecule has 0 aliphatic rings. The third kappa shape index (κ3) is 2.18. The molecular weight excluding hydrogens is 241 g/mol. The Balaban J connectivity index is 2.56. The molecule has 0 radical (unpaired) electrons. The standard InChI is InChI=1S/C12H13ClFN3/c1-2-17-12(14)11(7-16-17)10-4-3-9(13)5-8(10)6-15/h3-5,7H,2,6,15H2,1H3. The lowest BCUT2D eigenvalue weighted by molar-refractivity contribution is 0.473. The van der Waals surface area contributed by atoms with Gasteiger partial charge in [0.1, 0.15) is 0 Å². The number of nitrogens with zero attached hydrogens (tertiary/aromatic N) is 2. The Hall–Kier alpha value is -1.39. The van der Waals surface area contributed by atoms with E-state index in [-0.39, 0.29) is 5.95 Å². The maximum Gasteiger partial charge on any atom is 0.219 e. The van der Waals surface area contributed by atoms with Gasteiger partial charge in [-0.1, -0.05) is 17.7 Å². The maximum absolute atomic E-state index is 14.0. The Morgan fingerprint density at radius 3 is 2.76 bits per heavy atom. The van der Waals surface area contributed by atoms with E-state index in [0.29, 0.717) is 23.7 Å². The lowest BCUT2D eigenvalue weighted by Gasteiger charge is -2.06. The molecule has 0 bridgehead atoms. The van der Waals surface area contributed by atoms with Gasteiger partial charge in [0.15, 0.2) is 0 Å². The molecule has 2 rings (SSSR count). The van der Waals surface area contributed by atoms with Crippen LogP contribution in [0.4, 0.5) is 4.39 Å². The molecule has 1 aromatic carbocycles. The molecule has 2 aromatic rings. The van der Waals surface area contributed by atoms with E-state index in [0.717, 1.165) is 11.1 Å². The van der Waals surface area contributed by atoms with Crippen molar-refractivity contribution in [3.8, 4) is 11.1 Å². The molecule has 1 heterocycles. The zero-order valence-corrected chi connectivity index (χ0v) is 10.2. The van der Waals surface area contributed by atoms with Gasteiger partial charge >= 0.3 is 0 Å². The Labute approximate surface area is 104 Å². The minimum Gasteiger partial charge on any atom is -0.326 e. The third-order valence-corrected chi connectivity index (χ3v) is 2.89. The summed E-state index contributed by atoms with van der Waals surface area (Å²) in [5, 5.41) is 4.57. The SMILES string of the molecule is CCn1ncc(-c2ccc(Cl)cc2CN)c1F. The third-order valence-electron chi connectivity index (χ3n) is 2.65. The molecule has 0 atom stereocenters. The van der Waals surface area contributed by atoms with Gasteiger partial charge in [0.2, 0.25) is 5.95 Å². The van der Waals surface area contributed by atoms with E-state index in [1.165, 1.54) is 10.9 Å². The van der Waals surface area contributed by atoms with E-state index >= 15 is 0 Å². The number of hydrogen-bond acceptors (Lipinski definition) is 2. The van der Waals surface area contributed by atoms with Gasteiger partial charge in [-0.3, -0.25) is 0 Å². The molecule has 0 saturated heterocycles. The predicted octanol–water partition coefficient (Wildman–Crippen LogP) is 2.82. The molecule has 5 heteroatoms. The normalized spacial score (nSPS) is 10.8. The number of halogens is 2. The Kier molecular flexibility index (Phi) is 3.45. The first-order chi connectivity index (χ1) is 8.17. The highest BCUT2D eigenvalue weighted by atomic mass is 35.5. The molecule has 0 fully saturated rings. The maximum atomic E-state index is 14.0. The fraction of sp³-hybridized carbons (Fsp3) is 0.250. The first-order valence-electron chi connectivity index (χ1n) is 5.37. The predicted molar refractivity (Wildman–Crippen MR) is 66.2 cm³/mol. The van der Waals surface area contributed by atoms with E-state index in [1.807, 2.05) is 6.92 Å². The monoisotopic (exact) mass is 253 g/mol. The van der Waals surface area contributed by atoms with Gasteiger partial charge in [-0.2, -0.15) is 9.49 Å². The molecule has 0 aliphatic heterocycles. The minimum absolute atomic E-state index is 0.312. The van der Waals surface area contributed by atoms with E-state index in [4.69, 9.17) is 17.3 Å². The smallest absolute Gasteiger partial charge is 0.219 e.